The van der Waals surface area contributed by atoms with Crippen molar-refractivity contribution in [3.05, 3.63) is 59.2 Å². The predicted octanol–water partition coefficient (Wildman–Crippen LogP) is 4.20. The lowest BCUT2D eigenvalue weighted by atomic mass is 9.91. The number of aliphatic carboxylic acids is 1. The molecule has 0 radical (unpaired) electrons. The summed E-state index contributed by atoms with van der Waals surface area (Å²) in [5.41, 5.74) is 2.83. The van der Waals surface area contributed by atoms with Crippen LogP contribution in [0.2, 0.25) is 0 Å². The van der Waals surface area contributed by atoms with Crippen LogP contribution in [0.3, 0.4) is 0 Å². The van der Waals surface area contributed by atoms with Crippen LogP contribution in [-0.4, -0.2) is 24.8 Å². The van der Waals surface area contributed by atoms with Crippen LogP contribution in [0.1, 0.15) is 36.0 Å². The van der Waals surface area contributed by atoms with E-state index in [-0.39, 0.29) is 0 Å². The molecule has 0 fully saturated rings. The normalized spacial score (nSPS) is 11.8. The SMILES string of the molecule is CCCOc1cc(CC(C(=O)O)c2ccc(C)cc2)ccc1OC. The second kappa shape index (κ2) is 8.39. The van der Waals surface area contributed by atoms with E-state index >= 15 is 0 Å². The van der Waals surface area contributed by atoms with Crippen molar-refractivity contribution >= 4 is 5.97 Å². The summed E-state index contributed by atoms with van der Waals surface area (Å²) >= 11 is 0. The van der Waals surface area contributed by atoms with Crippen molar-refractivity contribution in [1.82, 2.24) is 0 Å². The van der Waals surface area contributed by atoms with Gasteiger partial charge in [-0.05, 0) is 43.0 Å². The highest BCUT2D eigenvalue weighted by Crippen LogP contribution is 2.31. The van der Waals surface area contributed by atoms with Crippen LogP contribution in [0.4, 0.5) is 0 Å². The number of carbonyl (C=O) groups is 1. The van der Waals surface area contributed by atoms with Crippen LogP contribution < -0.4 is 9.47 Å². The van der Waals surface area contributed by atoms with Crippen LogP contribution >= 0.6 is 0 Å². The van der Waals surface area contributed by atoms with Crippen molar-refractivity contribution < 1.29 is 19.4 Å². The van der Waals surface area contributed by atoms with Gasteiger partial charge in [0.15, 0.2) is 11.5 Å². The molecule has 4 nitrogen and oxygen atoms in total. The Hall–Kier alpha value is -2.49. The summed E-state index contributed by atoms with van der Waals surface area (Å²) < 4.78 is 11.0. The summed E-state index contributed by atoms with van der Waals surface area (Å²) in [7, 11) is 1.60. The fourth-order valence-electron chi connectivity index (χ4n) is 2.56. The number of benzene rings is 2. The minimum absolute atomic E-state index is 0.408. The molecule has 2 aromatic rings. The second-order valence-electron chi connectivity index (χ2n) is 5.84. The van der Waals surface area contributed by atoms with Gasteiger partial charge < -0.3 is 14.6 Å². The van der Waals surface area contributed by atoms with Crippen molar-refractivity contribution in [3.8, 4) is 11.5 Å². The first-order valence-electron chi connectivity index (χ1n) is 8.14. The Morgan fingerprint density at radius 2 is 1.83 bits per heavy atom. The molecule has 1 unspecified atom stereocenters. The van der Waals surface area contributed by atoms with Gasteiger partial charge >= 0.3 is 5.97 Å². The Labute approximate surface area is 143 Å². The van der Waals surface area contributed by atoms with E-state index in [0.717, 1.165) is 23.1 Å². The first-order valence-corrected chi connectivity index (χ1v) is 8.14. The van der Waals surface area contributed by atoms with Crippen LogP contribution in [0, 0.1) is 6.92 Å². The quantitative estimate of drug-likeness (QED) is 0.789. The van der Waals surface area contributed by atoms with E-state index in [0.29, 0.717) is 24.5 Å². The summed E-state index contributed by atoms with van der Waals surface area (Å²) in [4.78, 5) is 11.7. The van der Waals surface area contributed by atoms with Crippen molar-refractivity contribution in [3.63, 3.8) is 0 Å². The third kappa shape index (κ3) is 4.51. The second-order valence-corrected chi connectivity index (χ2v) is 5.84. The molecule has 0 spiro atoms. The van der Waals surface area contributed by atoms with Gasteiger partial charge in [0.05, 0.1) is 19.6 Å². The summed E-state index contributed by atoms with van der Waals surface area (Å²) in [6.07, 6.45) is 1.30. The van der Waals surface area contributed by atoms with Gasteiger partial charge in [-0.15, -0.1) is 0 Å². The molecule has 0 aromatic heterocycles. The topological polar surface area (TPSA) is 55.8 Å². The lowest BCUT2D eigenvalue weighted by molar-refractivity contribution is -0.138. The highest BCUT2D eigenvalue weighted by atomic mass is 16.5. The third-order valence-electron chi connectivity index (χ3n) is 3.91. The van der Waals surface area contributed by atoms with Crippen LogP contribution in [0.25, 0.3) is 0 Å². The van der Waals surface area contributed by atoms with Gasteiger partial charge in [-0.3, -0.25) is 4.79 Å². The Morgan fingerprint density at radius 1 is 1.12 bits per heavy atom. The average Bonchev–Trinajstić information content (AvgIpc) is 2.58. The van der Waals surface area contributed by atoms with Gasteiger partial charge in [0.2, 0.25) is 0 Å². The maximum Gasteiger partial charge on any atom is 0.311 e. The highest BCUT2D eigenvalue weighted by Gasteiger charge is 2.21. The molecule has 128 valence electrons. The fourth-order valence-corrected chi connectivity index (χ4v) is 2.56. The Kier molecular flexibility index (Phi) is 6.24. The number of aryl methyl sites for hydroxylation is 1. The molecule has 0 saturated carbocycles. The van der Waals surface area contributed by atoms with Gasteiger partial charge in [-0.2, -0.15) is 0 Å². The largest absolute Gasteiger partial charge is 0.493 e. The maximum absolute atomic E-state index is 11.7. The Morgan fingerprint density at radius 3 is 2.42 bits per heavy atom. The number of hydrogen-bond donors (Lipinski definition) is 1. The van der Waals surface area contributed by atoms with E-state index in [4.69, 9.17) is 9.47 Å². The van der Waals surface area contributed by atoms with E-state index in [2.05, 4.69) is 0 Å². The zero-order valence-corrected chi connectivity index (χ0v) is 14.4. The predicted molar refractivity (Wildman–Crippen MR) is 94.0 cm³/mol. The van der Waals surface area contributed by atoms with Crippen molar-refractivity contribution in [2.75, 3.05) is 13.7 Å². The van der Waals surface area contributed by atoms with Gasteiger partial charge in [0.1, 0.15) is 0 Å². The van der Waals surface area contributed by atoms with Crippen LogP contribution in [0.5, 0.6) is 11.5 Å². The van der Waals surface area contributed by atoms with Gasteiger partial charge in [-0.1, -0.05) is 42.8 Å². The van der Waals surface area contributed by atoms with E-state index in [9.17, 15) is 9.90 Å². The van der Waals surface area contributed by atoms with Crippen molar-refractivity contribution in [2.24, 2.45) is 0 Å². The number of rotatable bonds is 8. The average molecular weight is 328 g/mol. The summed E-state index contributed by atoms with van der Waals surface area (Å²) in [6.45, 7) is 4.62. The van der Waals surface area contributed by atoms with Gasteiger partial charge in [0.25, 0.3) is 0 Å². The molecule has 0 aliphatic rings. The summed E-state index contributed by atoms with van der Waals surface area (Å²) in [5, 5.41) is 9.61. The first-order chi connectivity index (χ1) is 11.5. The molecule has 1 N–H and O–H groups in total. The van der Waals surface area contributed by atoms with E-state index < -0.39 is 11.9 Å². The van der Waals surface area contributed by atoms with E-state index in [1.54, 1.807) is 7.11 Å². The zero-order valence-electron chi connectivity index (χ0n) is 14.4. The summed E-state index contributed by atoms with van der Waals surface area (Å²) in [5.74, 6) is -0.0944. The number of carboxylic acid groups (broad SMARTS) is 1. The molecule has 0 aliphatic heterocycles. The minimum Gasteiger partial charge on any atom is -0.493 e. The van der Waals surface area contributed by atoms with Crippen LogP contribution in [0.15, 0.2) is 42.5 Å². The molecule has 2 rings (SSSR count). The van der Waals surface area contributed by atoms with E-state index in [1.807, 2.05) is 56.3 Å². The van der Waals surface area contributed by atoms with Crippen molar-refractivity contribution in [1.29, 1.82) is 0 Å². The number of carboxylic acids is 1. The smallest absolute Gasteiger partial charge is 0.311 e. The number of hydrogen-bond acceptors (Lipinski definition) is 3. The first kappa shape index (κ1) is 17.9. The molecule has 24 heavy (non-hydrogen) atoms. The minimum atomic E-state index is -0.828. The molecule has 0 aliphatic carbocycles. The molecule has 4 heteroatoms. The molecular formula is C20H24O4. The van der Waals surface area contributed by atoms with Gasteiger partial charge in [0, 0.05) is 0 Å². The lowest BCUT2D eigenvalue weighted by Crippen LogP contribution is -2.14. The molecular weight excluding hydrogens is 304 g/mol. The molecule has 2 aromatic carbocycles. The number of ether oxygens (including phenoxy) is 2. The maximum atomic E-state index is 11.7. The van der Waals surface area contributed by atoms with Crippen molar-refractivity contribution in [2.45, 2.75) is 32.6 Å². The molecule has 1 atom stereocenters. The van der Waals surface area contributed by atoms with Gasteiger partial charge in [-0.25, -0.2) is 0 Å². The fraction of sp³-hybridized carbons (Fsp3) is 0.350. The Balaban J connectivity index is 2.25. The zero-order chi connectivity index (χ0) is 17.5. The standard InChI is InChI=1S/C20H24O4/c1-4-11-24-19-13-15(7-10-18(19)23-3)12-17(20(21)22)16-8-5-14(2)6-9-16/h5-10,13,17H,4,11-12H2,1-3H3,(H,21,22). The van der Waals surface area contributed by atoms with Crippen LogP contribution in [-0.2, 0) is 11.2 Å². The summed E-state index contributed by atoms with van der Waals surface area (Å²) in [6, 6.07) is 13.2. The lowest BCUT2D eigenvalue weighted by Gasteiger charge is -2.16. The molecule has 0 amide bonds. The third-order valence-corrected chi connectivity index (χ3v) is 3.91. The number of methoxy groups -OCH3 is 1. The molecule has 0 bridgehead atoms. The Bertz CT molecular complexity index is 677. The molecule has 0 heterocycles. The molecule has 0 saturated heterocycles. The van der Waals surface area contributed by atoms with E-state index in [1.165, 1.54) is 0 Å². The monoisotopic (exact) mass is 328 g/mol. The highest BCUT2D eigenvalue weighted by molar-refractivity contribution is 5.76.